The predicted octanol–water partition coefficient (Wildman–Crippen LogP) is 2.86. The topological polar surface area (TPSA) is 43.1 Å². The summed E-state index contributed by atoms with van der Waals surface area (Å²) in [5.41, 5.74) is 8.24. The SMILES string of the molecule is CCc1cc(N)c(C=O)c2sccc12. The van der Waals surface area contributed by atoms with Crippen LogP contribution in [0.25, 0.3) is 10.1 Å². The maximum absolute atomic E-state index is 10.9. The largest absolute Gasteiger partial charge is 0.398 e. The third-order valence-corrected chi connectivity index (χ3v) is 3.34. The van der Waals surface area contributed by atoms with Gasteiger partial charge in [-0.05, 0) is 34.9 Å². The van der Waals surface area contributed by atoms with Gasteiger partial charge in [0.1, 0.15) is 0 Å². The van der Waals surface area contributed by atoms with Gasteiger partial charge in [-0.2, -0.15) is 0 Å². The number of hydrogen-bond donors (Lipinski definition) is 1. The molecule has 0 aliphatic rings. The Bertz CT molecular complexity index is 487. The second-order valence-corrected chi connectivity index (χ2v) is 4.09. The van der Waals surface area contributed by atoms with E-state index in [4.69, 9.17) is 5.73 Å². The molecule has 0 saturated heterocycles. The highest BCUT2D eigenvalue weighted by Crippen LogP contribution is 2.31. The number of aldehydes is 1. The maximum atomic E-state index is 10.9. The number of nitrogen functional groups attached to an aromatic ring is 1. The van der Waals surface area contributed by atoms with Gasteiger partial charge in [-0.1, -0.05) is 6.92 Å². The van der Waals surface area contributed by atoms with Gasteiger partial charge in [0.15, 0.2) is 6.29 Å². The van der Waals surface area contributed by atoms with Gasteiger partial charge < -0.3 is 5.73 Å². The summed E-state index contributed by atoms with van der Waals surface area (Å²) in [4.78, 5) is 10.9. The number of aryl methyl sites for hydroxylation is 1. The number of benzene rings is 1. The minimum absolute atomic E-state index is 0.590. The van der Waals surface area contributed by atoms with Crippen LogP contribution >= 0.6 is 11.3 Å². The average molecular weight is 205 g/mol. The molecule has 2 rings (SSSR count). The summed E-state index contributed by atoms with van der Waals surface area (Å²) in [6, 6.07) is 3.95. The van der Waals surface area contributed by atoms with Crippen molar-refractivity contribution in [1.29, 1.82) is 0 Å². The normalized spacial score (nSPS) is 10.6. The smallest absolute Gasteiger partial charge is 0.153 e. The van der Waals surface area contributed by atoms with Crippen molar-refractivity contribution in [2.24, 2.45) is 0 Å². The molecule has 14 heavy (non-hydrogen) atoms. The van der Waals surface area contributed by atoms with Crippen LogP contribution in [0.5, 0.6) is 0 Å². The molecule has 1 aromatic heterocycles. The fourth-order valence-corrected chi connectivity index (χ4v) is 2.62. The second kappa shape index (κ2) is 3.42. The highest BCUT2D eigenvalue weighted by molar-refractivity contribution is 7.17. The number of anilines is 1. The third kappa shape index (κ3) is 1.21. The van der Waals surface area contributed by atoms with E-state index in [1.54, 1.807) is 11.3 Å². The molecule has 0 spiro atoms. The van der Waals surface area contributed by atoms with Crippen molar-refractivity contribution in [3.8, 4) is 0 Å². The van der Waals surface area contributed by atoms with Crippen LogP contribution in [0.15, 0.2) is 17.5 Å². The van der Waals surface area contributed by atoms with Crippen LogP contribution < -0.4 is 5.73 Å². The molecule has 0 bridgehead atoms. The molecule has 3 heteroatoms. The lowest BCUT2D eigenvalue weighted by atomic mass is 10.0. The van der Waals surface area contributed by atoms with E-state index in [-0.39, 0.29) is 0 Å². The molecule has 0 radical (unpaired) electrons. The first-order valence-electron chi connectivity index (χ1n) is 4.51. The third-order valence-electron chi connectivity index (χ3n) is 2.40. The van der Waals surface area contributed by atoms with Crippen molar-refractivity contribution in [3.05, 3.63) is 28.6 Å². The Morgan fingerprint density at radius 2 is 2.36 bits per heavy atom. The molecule has 1 heterocycles. The zero-order valence-corrected chi connectivity index (χ0v) is 8.73. The van der Waals surface area contributed by atoms with E-state index >= 15 is 0 Å². The van der Waals surface area contributed by atoms with E-state index in [0.29, 0.717) is 11.3 Å². The zero-order valence-electron chi connectivity index (χ0n) is 7.91. The van der Waals surface area contributed by atoms with E-state index in [9.17, 15) is 4.79 Å². The lowest BCUT2D eigenvalue weighted by molar-refractivity contribution is 0.112. The van der Waals surface area contributed by atoms with Gasteiger partial charge in [-0.25, -0.2) is 0 Å². The second-order valence-electron chi connectivity index (χ2n) is 3.17. The van der Waals surface area contributed by atoms with Crippen LogP contribution in [0, 0.1) is 0 Å². The molecule has 0 amide bonds. The van der Waals surface area contributed by atoms with Crippen molar-refractivity contribution in [2.75, 3.05) is 5.73 Å². The summed E-state index contributed by atoms with van der Waals surface area (Å²) in [6.45, 7) is 2.09. The van der Waals surface area contributed by atoms with Crippen LogP contribution in [-0.4, -0.2) is 6.29 Å². The van der Waals surface area contributed by atoms with Crippen molar-refractivity contribution >= 4 is 33.4 Å². The zero-order chi connectivity index (χ0) is 10.1. The molecule has 1 aromatic carbocycles. The summed E-state index contributed by atoms with van der Waals surface area (Å²) in [6.07, 6.45) is 1.78. The monoisotopic (exact) mass is 205 g/mol. The summed E-state index contributed by atoms with van der Waals surface area (Å²) in [5, 5.41) is 3.16. The lowest BCUT2D eigenvalue weighted by Gasteiger charge is -2.05. The predicted molar refractivity (Wildman–Crippen MR) is 61.0 cm³/mol. The van der Waals surface area contributed by atoms with Crippen molar-refractivity contribution in [3.63, 3.8) is 0 Å². The minimum atomic E-state index is 0.590. The molecule has 2 aromatic rings. The van der Waals surface area contributed by atoms with Crippen molar-refractivity contribution in [1.82, 2.24) is 0 Å². The van der Waals surface area contributed by atoms with E-state index < -0.39 is 0 Å². The molecular weight excluding hydrogens is 194 g/mol. The lowest BCUT2D eigenvalue weighted by Crippen LogP contribution is -1.95. The van der Waals surface area contributed by atoms with Gasteiger partial charge in [-0.3, -0.25) is 4.79 Å². The van der Waals surface area contributed by atoms with Gasteiger partial charge in [0, 0.05) is 10.4 Å². The van der Waals surface area contributed by atoms with Crippen LogP contribution in [0.4, 0.5) is 5.69 Å². The summed E-state index contributed by atoms with van der Waals surface area (Å²) in [7, 11) is 0. The van der Waals surface area contributed by atoms with E-state index in [1.165, 1.54) is 5.56 Å². The number of carbonyl (C=O) groups excluding carboxylic acids is 1. The van der Waals surface area contributed by atoms with Gasteiger partial charge in [0.2, 0.25) is 0 Å². The van der Waals surface area contributed by atoms with Crippen LogP contribution in [0.2, 0.25) is 0 Å². The van der Waals surface area contributed by atoms with Crippen molar-refractivity contribution in [2.45, 2.75) is 13.3 Å². The molecule has 72 valence electrons. The molecule has 0 aliphatic heterocycles. The first-order chi connectivity index (χ1) is 6.77. The molecule has 0 fully saturated rings. The summed E-state index contributed by atoms with van der Waals surface area (Å²) < 4.78 is 1.01. The quantitative estimate of drug-likeness (QED) is 0.605. The number of carbonyl (C=O) groups is 1. The molecule has 2 N–H and O–H groups in total. The van der Waals surface area contributed by atoms with Crippen LogP contribution in [0.1, 0.15) is 22.8 Å². The van der Waals surface area contributed by atoms with E-state index in [1.807, 2.05) is 17.5 Å². The van der Waals surface area contributed by atoms with E-state index in [2.05, 4.69) is 6.92 Å². The van der Waals surface area contributed by atoms with Crippen LogP contribution in [0.3, 0.4) is 0 Å². The van der Waals surface area contributed by atoms with Gasteiger partial charge in [0.25, 0.3) is 0 Å². The fraction of sp³-hybridized carbons (Fsp3) is 0.182. The molecule has 0 atom stereocenters. The number of hydrogen-bond acceptors (Lipinski definition) is 3. The Morgan fingerprint density at radius 3 is 3.00 bits per heavy atom. The number of nitrogens with two attached hydrogens (primary N) is 1. The Hall–Kier alpha value is -1.35. The highest BCUT2D eigenvalue weighted by atomic mass is 32.1. The number of rotatable bonds is 2. The average Bonchev–Trinajstić information content (AvgIpc) is 2.65. The Labute approximate surface area is 86.3 Å². The Kier molecular flexibility index (Phi) is 2.25. The molecule has 2 nitrogen and oxygen atoms in total. The summed E-state index contributed by atoms with van der Waals surface area (Å²) in [5.74, 6) is 0. The van der Waals surface area contributed by atoms with E-state index in [0.717, 1.165) is 22.8 Å². The van der Waals surface area contributed by atoms with Crippen LogP contribution in [-0.2, 0) is 6.42 Å². The first kappa shape index (κ1) is 9.21. The summed E-state index contributed by atoms with van der Waals surface area (Å²) >= 11 is 1.57. The molecule has 0 aliphatic carbocycles. The van der Waals surface area contributed by atoms with Gasteiger partial charge >= 0.3 is 0 Å². The standard InChI is InChI=1S/C11H11NOS/c1-2-7-5-10(12)9(6-13)11-8(7)3-4-14-11/h3-6H,2,12H2,1H3. The van der Waals surface area contributed by atoms with Gasteiger partial charge in [-0.15, -0.1) is 11.3 Å². The maximum Gasteiger partial charge on any atom is 0.153 e. The fourth-order valence-electron chi connectivity index (χ4n) is 1.66. The molecule has 0 unspecified atom stereocenters. The first-order valence-corrected chi connectivity index (χ1v) is 5.39. The molecular formula is C11H11NOS. The Morgan fingerprint density at radius 1 is 1.57 bits per heavy atom. The molecule has 0 saturated carbocycles. The van der Waals surface area contributed by atoms with Crippen molar-refractivity contribution < 1.29 is 4.79 Å². The number of thiophene rings is 1. The minimum Gasteiger partial charge on any atom is -0.398 e. The Balaban J connectivity index is 2.88. The number of fused-ring (bicyclic) bond motifs is 1. The van der Waals surface area contributed by atoms with Gasteiger partial charge in [0.05, 0.1) is 5.56 Å². The highest BCUT2D eigenvalue weighted by Gasteiger charge is 2.09.